The molecule has 0 unspecified atom stereocenters. The lowest BCUT2D eigenvalue weighted by atomic mass is 10.0. The highest BCUT2D eigenvalue weighted by Crippen LogP contribution is 2.18. The van der Waals surface area contributed by atoms with Gasteiger partial charge in [-0.15, -0.1) is 11.3 Å². The fraction of sp³-hybridized carbons (Fsp3) is 0.412. The molecule has 1 N–H and O–H groups in total. The van der Waals surface area contributed by atoms with Crippen LogP contribution in [0.15, 0.2) is 36.0 Å². The monoisotopic (exact) mass is 315 g/mol. The molecule has 1 aromatic carbocycles. The largest absolute Gasteiger partial charge is 0.382 e. The molecule has 0 saturated carbocycles. The summed E-state index contributed by atoms with van der Waals surface area (Å²) in [4.78, 5) is 19.3. The second kappa shape index (κ2) is 6.92. The first-order valence-electron chi connectivity index (χ1n) is 7.69. The van der Waals surface area contributed by atoms with Crippen LogP contribution in [0.3, 0.4) is 0 Å². The molecule has 5 heteroatoms. The van der Waals surface area contributed by atoms with Crippen LogP contribution in [-0.2, 0) is 11.2 Å². The smallest absolute Gasteiger partial charge is 0.227 e. The molecule has 0 atom stereocenters. The van der Waals surface area contributed by atoms with Crippen LogP contribution in [0, 0.1) is 6.92 Å². The molecule has 0 spiro atoms. The van der Waals surface area contributed by atoms with Crippen molar-refractivity contribution in [2.75, 3.05) is 18.4 Å². The van der Waals surface area contributed by atoms with Gasteiger partial charge in [-0.25, -0.2) is 0 Å². The second-order valence-electron chi connectivity index (χ2n) is 5.81. The first kappa shape index (κ1) is 15.0. The van der Waals surface area contributed by atoms with E-state index in [0.717, 1.165) is 30.8 Å². The van der Waals surface area contributed by atoms with E-state index in [1.807, 2.05) is 4.90 Å². The van der Waals surface area contributed by atoms with E-state index in [2.05, 4.69) is 41.5 Å². The molecule has 1 amide bonds. The Labute approximate surface area is 135 Å². The maximum Gasteiger partial charge on any atom is 0.227 e. The number of carbonyl (C=O) groups excluding carboxylic acids is 1. The lowest BCUT2D eigenvalue weighted by Crippen LogP contribution is -2.42. The van der Waals surface area contributed by atoms with Gasteiger partial charge in [0.1, 0.15) is 0 Å². The van der Waals surface area contributed by atoms with Gasteiger partial charge in [0.05, 0.1) is 11.9 Å². The molecule has 22 heavy (non-hydrogen) atoms. The van der Waals surface area contributed by atoms with Crippen LogP contribution in [0.2, 0.25) is 0 Å². The Balaban J connectivity index is 1.49. The predicted octanol–water partition coefficient (Wildman–Crippen LogP) is 3.10. The van der Waals surface area contributed by atoms with Crippen LogP contribution in [0.4, 0.5) is 5.69 Å². The molecule has 2 aromatic rings. The SMILES string of the molecule is Cc1cccc(NC2CCN(C(=O)Cc3cncs3)CC2)c1. The Hall–Kier alpha value is -1.88. The van der Waals surface area contributed by atoms with Gasteiger partial charge in [-0.2, -0.15) is 0 Å². The molecule has 1 aliphatic rings. The van der Waals surface area contributed by atoms with E-state index in [1.165, 1.54) is 11.3 Å². The third kappa shape index (κ3) is 3.85. The molecule has 1 aliphatic heterocycles. The highest BCUT2D eigenvalue weighted by Gasteiger charge is 2.22. The summed E-state index contributed by atoms with van der Waals surface area (Å²) in [7, 11) is 0. The first-order valence-corrected chi connectivity index (χ1v) is 8.57. The fourth-order valence-corrected chi connectivity index (χ4v) is 3.42. The van der Waals surface area contributed by atoms with Crippen LogP contribution < -0.4 is 5.32 Å². The molecule has 1 saturated heterocycles. The molecule has 0 radical (unpaired) electrons. The third-order valence-electron chi connectivity index (χ3n) is 4.05. The number of aryl methyl sites for hydroxylation is 1. The maximum atomic E-state index is 12.3. The van der Waals surface area contributed by atoms with Crippen LogP contribution in [0.5, 0.6) is 0 Å². The number of rotatable bonds is 4. The number of piperidine rings is 1. The molecule has 3 rings (SSSR count). The topological polar surface area (TPSA) is 45.2 Å². The van der Waals surface area contributed by atoms with E-state index in [-0.39, 0.29) is 5.91 Å². The van der Waals surface area contributed by atoms with Crippen molar-refractivity contribution in [1.29, 1.82) is 0 Å². The number of nitrogens with one attached hydrogen (secondary N) is 1. The molecule has 0 aliphatic carbocycles. The van der Waals surface area contributed by atoms with Gasteiger partial charge in [-0.05, 0) is 37.5 Å². The number of aromatic nitrogens is 1. The van der Waals surface area contributed by atoms with Crippen LogP contribution >= 0.6 is 11.3 Å². The van der Waals surface area contributed by atoms with Crippen LogP contribution in [0.1, 0.15) is 23.3 Å². The van der Waals surface area contributed by atoms with Gasteiger partial charge in [0, 0.05) is 35.9 Å². The average Bonchev–Trinajstić information content (AvgIpc) is 3.01. The standard InChI is InChI=1S/C17H21N3OS/c1-13-3-2-4-15(9-13)19-14-5-7-20(8-6-14)17(21)10-16-11-18-12-22-16/h2-4,9,11-12,14,19H,5-8,10H2,1H3. The molecule has 116 valence electrons. The summed E-state index contributed by atoms with van der Waals surface area (Å²) in [5.74, 6) is 0.221. The van der Waals surface area contributed by atoms with Crippen molar-refractivity contribution in [2.24, 2.45) is 0 Å². The van der Waals surface area contributed by atoms with E-state index in [4.69, 9.17) is 0 Å². The van der Waals surface area contributed by atoms with Gasteiger partial charge < -0.3 is 10.2 Å². The van der Waals surface area contributed by atoms with Gasteiger partial charge in [0.25, 0.3) is 0 Å². The highest BCUT2D eigenvalue weighted by atomic mass is 32.1. The number of hydrogen-bond donors (Lipinski definition) is 1. The van der Waals surface area contributed by atoms with Gasteiger partial charge in [-0.3, -0.25) is 9.78 Å². The number of thiazole rings is 1. The minimum absolute atomic E-state index is 0.221. The van der Waals surface area contributed by atoms with Gasteiger partial charge >= 0.3 is 0 Å². The van der Waals surface area contributed by atoms with Crippen molar-refractivity contribution in [3.63, 3.8) is 0 Å². The normalized spacial score (nSPS) is 15.8. The van der Waals surface area contributed by atoms with Crippen molar-refractivity contribution in [1.82, 2.24) is 9.88 Å². The number of nitrogens with zero attached hydrogens (tertiary/aromatic N) is 2. The van der Waals surface area contributed by atoms with E-state index in [1.54, 1.807) is 23.0 Å². The molecule has 0 bridgehead atoms. The molecular formula is C17H21N3OS. The zero-order valence-corrected chi connectivity index (χ0v) is 13.6. The van der Waals surface area contributed by atoms with Crippen molar-refractivity contribution < 1.29 is 4.79 Å². The average molecular weight is 315 g/mol. The lowest BCUT2D eigenvalue weighted by molar-refractivity contribution is -0.131. The second-order valence-corrected chi connectivity index (χ2v) is 6.78. The number of benzene rings is 1. The van der Waals surface area contributed by atoms with Crippen molar-refractivity contribution >= 4 is 22.9 Å². The van der Waals surface area contributed by atoms with E-state index in [0.29, 0.717) is 12.5 Å². The van der Waals surface area contributed by atoms with Crippen molar-refractivity contribution in [3.05, 3.63) is 46.4 Å². The summed E-state index contributed by atoms with van der Waals surface area (Å²) in [5.41, 5.74) is 4.22. The minimum atomic E-state index is 0.221. The Bertz CT molecular complexity index is 619. The summed E-state index contributed by atoms with van der Waals surface area (Å²) >= 11 is 1.55. The number of likely N-dealkylation sites (tertiary alicyclic amines) is 1. The van der Waals surface area contributed by atoms with Gasteiger partial charge in [0.15, 0.2) is 0 Å². The summed E-state index contributed by atoms with van der Waals surface area (Å²) in [6.07, 6.45) is 4.28. The van der Waals surface area contributed by atoms with E-state index >= 15 is 0 Å². The molecular weight excluding hydrogens is 294 g/mol. The van der Waals surface area contributed by atoms with Crippen LogP contribution in [0.25, 0.3) is 0 Å². The quantitative estimate of drug-likeness (QED) is 0.943. The zero-order chi connectivity index (χ0) is 15.4. The summed E-state index contributed by atoms with van der Waals surface area (Å²) < 4.78 is 0. The Morgan fingerprint density at radius 2 is 2.23 bits per heavy atom. The molecule has 4 nitrogen and oxygen atoms in total. The summed E-state index contributed by atoms with van der Waals surface area (Å²) in [5, 5.41) is 3.58. The fourth-order valence-electron chi connectivity index (χ4n) is 2.83. The predicted molar refractivity (Wildman–Crippen MR) is 90.2 cm³/mol. The number of hydrogen-bond acceptors (Lipinski definition) is 4. The van der Waals surface area contributed by atoms with E-state index < -0.39 is 0 Å². The number of amides is 1. The highest BCUT2D eigenvalue weighted by molar-refractivity contribution is 7.09. The van der Waals surface area contributed by atoms with Gasteiger partial charge in [-0.1, -0.05) is 12.1 Å². The Kier molecular flexibility index (Phi) is 4.73. The van der Waals surface area contributed by atoms with E-state index in [9.17, 15) is 4.79 Å². The Morgan fingerprint density at radius 1 is 1.41 bits per heavy atom. The van der Waals surface area contributed by atoms with Crippen molar-refractivity contribution in [3.8, 4) is 0 Å². The maximum absolute atomic E-state index is 12.3. The van der Waals surface area contributed by atoms with Gasteiger partial charge in [0.2, 0.25) is 5.91 Å². The Morgan fingerprint density at radius 3 is 2.91 bits per heavy atom. The lowest BCUT2D eigenvalue weighted by Gasteiger charge is -2.33. The third-order valence-corrected chi connectivity index (χ3v) is 4.83. The molecule has 1 fully saturated rings. The minimum Gasteiger partial charge on any atom is -0.382 e. The molecule has 2 heterocycles. The summed E-state index contributed by atoms with van der Waals surface area (Å²) in [6.45, 7) is 3.77. The van der Waals surface area contributed by atoms with Crippen LogP contribution in [-0.4, -0.2) is 34.9 Å². The molecule has 1 aromatic heterocycles. The number of anilines is 1. The zero-order valence-electron chi connectivity index (χ0n) is 12.8. The summed E-state index contributed by atoms with van der Waals surface area (Å²) in [6, 6.07) is 8.90. The van der Waals surface area contributed by atoms with Crippen molar-refractivity contribution in [2.45, 2.75) is 32.2 Å². The first-order chi connectivity index (χ1) is 10.7. The number of carbonyl (C=O) groups is 1.